The topological polar surface area (TPSA) is 61.0 Å². The first-order valence-electron chi connectivity index (χ1n) is 8.25. The van der Waals surface area contributed by atoms with Crippen LogP contribution in [0.4, 0.5) is 5.69 Å². The van der Waals surface area contributed by atoms with Gasteiger partial charge in [-0.2, -0.15) is 0 Å². The molecule has 5 heteroatoms. The van der Waals surface area contributed by atoms with Gasteiger partial charge in [0.15, 0.2) is 0 Å². The van der Waals surface area contributed by atoms with E-state index in [-0.39, 0.29) is 5.91 Å². The summed E-state index contributed by atoms with van der Waals surface area (Å²) in [5.41, 5.74) is 3.28. The Hall–Kier alpha value is -2.14. The van der Waals surface area contributed by atoms with Crippen molar-refractivity contribution < 1.29 is 4.79 Å². The van der Waals surface area contributed by atoms with E-state index in [1.165, 1.54) is 11.3 Å². The number of nitrogens with zero attached hydrogens (tertiary/aromatic N) is 2. The molecule has 23 heavy (non-hydrogen) atoms. The highest BCUT2D eigenvalue weighted by Crippen LogP contribution is 2.20. The highest BCUT2D eigenvalue weighted by atomic mass is 16.2. The molecule has 2 heterocycles. The second-order valence-corrected chi connectivity index (χ2v) is 6.41. The lowest BCUT2D eigenvalue weighted by molar-refractivity contribution is -0.117. The fourth-order valence-electron chi connectivity index (χ4n) is 3.10. The molecule has 0 atom stereocenters. The molecule has 2 N–H and O–H groups in total. The molecule has 0 saturated carbocycles. The van der Waals surface area contributed by atoms with Gasteiger partial charge in [0.25, 0.3) is 0 Å². The summed E-state index contributed by atoms with van der Waals surface area (Å²) in [4.78, 5) is 21.6. The molecule has 1 aliphatic rings. The highest BCUT2D eigenvalue weighted by molar-refractivity contribution is 5.92. The van der Waals surface area contributed by atoms with Crippen LogP contribution in [0.5, 0.6) is 0 Å². The number of hydrogen-bond acceptors (Lipinski definition) is 3. The lowest BCUT2D eigenvalue weighted by atomic mass is 9.92. The Bertz CT molecular complexity index is 613. The van der Waals surface area contributed by atoms with E-state index in [9.17, 15) is 4.79 Å². The molecule has 5 nitrogen and oxygen atoms in total. The van der Waals surface area contributed by atoms with E-state index in [0.29, 0.717) is 12.5 Å². The molecule has 1 amide bonds. The van der Waals surface area contributed by atoms with Gasteiger partial charge in [-0.3, -0.25) is 9.69 Å². The first kappa shape index (κ1) is 15.7. The third-order valence-corrected chi connectivity index (χ3v) is 4.47. The van der Waals surface area contributed by atoms with Gasteiger partial charge in [0.2, 0.25) is 5.91 Å². The summed E-state index contributed by atoms with van der Waals surface area (Å²) in [6.45, 7) is 4.49. The Labute approximate surface area is 137 Å². The number of carbonyl (C=O) groups is 1. The number of nitrogens with one attached hydrogen (secondary N) is 2. The fourth-order valence-corrected chi connectivity index (χ4v) is 3.10. The van der Waals surface area contributed by atoms with Crippen molar-refractivity contribution in [3.63, 3.8) is 0 Å². The minimum absolute atomic E-state index is 0.0703. The maximum absolute atomic E-state index is 12.1. The summed E-state index contributed by atoms with van der Waals surface area (Å²) in [5.74, 6) is 0.757. The molecule has 1 fully saturated rings. The number of rotatable bonds is 5. The average Bonchev–Trinajstić information content (AvgIpc) is 3.04. The molecular formula is C18H24N4O. The van der Waals surface area contributed by atoms with Gasteiger partial charge in [0, 0.05) is 17.6 Å². The van der Waals surface area contributed by atoms with Crippen LogP contribution in [0.2, 0.25) is 0 Å². The first-order chi connectivity index (χ1) is 11.2. The smallest absolute Gasteiger partial charge is 0.238 e. The van der Waals surface area contributed by atoms with Crippen molar-refractivity contribution in [1.29, 1.82) is 0 Å². The zero-order chi connectivity index (χ0) is 16.1. The molecule has 1 aromatic heterocycles. The van der Waals surface area contributed by atoms with Gasteiger partial charge in [-0.15, -0.1) is 0 Å². The van der Waals surface area contributed by atoms with Crippen molar-refractivity contribution in [2.45, 2.75) is 26.2 Å². The van der Waals surface area contributed by atoms with E-state index in [4.69, 9.17) is 0 Å². The van der Waals surface area contributed by atoms with E-state index >= 15 is 0 Å². The number of anilines is 1. The molecular weight excluding hydrogens is 288 g/mol. The lowest BCUT2D eigenvalue weighted by Crippen LogP contribution is -2.39. The van der Waals surface area contributed by atoms with Gasteiger partial charge in [-0.1, -0.05) is 17.7 Å². The molecule has 0 aliphatic carbocycles. The zero-order valence-corrected chi connectivity index (χ0v) is 13.6. The third kappa shape index (κ3) is 4.66. The molecule has 0 bridgehead atoms. The Balaban J connectivity index is 1.41. The Kier molecular flexibility index (Phi) is 5.08. The van der Waals surface area contributed by atoms with E-state index < -0.39 is 0 Å². The molecule has 2 aromatic rings. The zero-order valence-electron chi connectivity index (χ0n) is 13.6. The van der Waals surface area contributed by atoms with Crippen molar-refractivity contribution in [2.75, 3.05) is 25.0 Å². The summed E-state index contributed by atoms with van der Waals surface area (Å²) in [5, 5.41) is 2.97. The second-order valence-electron chi connectivity index (χ2n) is 6.41. The van der Waals surface area contributed by atoms with E-state index in [2.05, 4.69) is 20.2 Å². The molecule has 122 valence electrons. The number of hydrogen-bond donors (Lipinski definition) is 2. The maximum atomic E-state index is 12.1. The average molecular weight is 312 g/mol. The minimum Gasteiger partial charge on any atom is -0.348 e. The van der Waals surface area contributed by atoms with Gasteiger partial charge in [-0.05, 0) is 57.3 Å². The van der Waals surface area contributed by atoms with Crippen LogP contribution >= 0.6 is 0 Å². The van der Waals surface area contributed by atoms with Crippen LogP contribution in [-0.2, 0) is 11.2 Å². The summed E-state index contributed by atoms with van der Waals surface area (Å²) >= 11 is 0. The SMILES string of the molecule is Cc1ccc(NC(=O)CN2CCC(Cc3cnc[nH]3)CC2)cc1. The number of imidazole rings is 1. The number of aromatic amines is 1. The number of piperidine rings is 1. The molecule has 1 aliphatic heterocycles. The highest BCUT2D eigenvalue weighted by Gasteiger charge is 2.21. The molecule has 1 saturated heterocycles. The van der Waals surface area contributed by atoms with Crippen molar-refractivity contribution in [1.82, 2.24) is 14.9 Å². The van der Waals surface area contributed by atoms with Gasteiger partial charge in [0.1, 0.15) is 0 Å². The predicted molar refractivity (Wildman–Crippen MR) is 91.3 cm³/mol. The molecule has 3 rings (SSSR count). The van der Waals surface area contributed by atoms with E-state index in [1.54, 1.807) is 6.33 Å². The van der Waals surface area contributed by atoms with Crippen LogP contribution in [0.25, 0.3) is 0 Å². The summed E-state index contributed by atoms with van der Waals surface area (Å²) in [6.07, 6.45) is 6.97. The Morgan fingerprint density at radius 3 is 2.70 bits per heavy atom. The predicted octanol–water partition coefficient (Wildman–Crippen LogP) is 2.61. The second kappa shape index (κ2) is 7.42. The maximum Gasteiger partial charge on any atom is 0.238 e. The molecule has 0 radical (unpaired) electrons. The van der Waals surface area contributed by atoms with E-state index in [0.717, 1.165) is 38.0 Å². The van der Waals surface area contributed by atoms with Gasteiger partial charge >= 0.3 is 0 Å². The van der Waals surface area contributed by atoms with Crippen molar-refractivity contribution in [3.8, 4) is 0 Å². The quantitative estimate of drug-likeness (QED) is 0.892. The minimum atomic E-state index is 0.0703. The number of carbonyl (C=O) groups excluding carboxylic acids is 1. The van der Waals surface area contributed by atoms with Crippen LogP contribution < -0.4 is 5.32 Å². The van der Waals surface area contributed by atoms with Crippen LogP contribution in [-0.4, -0.2) is 40.4 Å². The standard InChI is InChI=1S/C18H24N4O/c1-14-2-4-16(5-3-14)21-18(23)12-22-8-6-15(7-9-22)10-17-11-19-13-20-17/h2-5,11,13,15H,6-10,12H2,1H3,(H,19,20)(H,21,23). The van der Waals surface area contributed by atoms with Crippen LogP contribution in [0.3, 0.4) is 0 Å². The summed E-state index contributed by atoms with van der Waals surface area (Å²) in [6, 6.07) is 7.92. The van der Waals surface area contributed by atoms with Crippen LogP contribution in [0, 0.1) is 12.8 Å². The number of amides is 1. The normalized spacial score (nSPS) is 16.4. The van der Waals surface area contributed by atoms with E-state index in [1.807, 2.05) is 37.4 Å². The van der Waals surface area contributed by atoms with Crippen molar-refractivity contribution >= 4 is 11.6 Å². The van der Waals surface area contributed by atoms with Crippen molar-refractivity contribution in [2.24, 2.45) is 5.92 Å². The monoisotopic (exact) mass is 312 g/mol. The van der Waals surface area contributed by atoms with Crippen LogP contribution in [0.15, 0.2) is 36.8 Å². The number of H-pyrrole nitrogens is 1. The first-order valence-corrected chi connectivity index (χ1v) is 8.25. The Morgan fingerprint density at radius 2 is 2.04 bits per heavy atom. The molecule has 0 spiro atoms. The summed E-state index contributed by atoms with van der Waals surface area (Å²) < 4.78 is 0. The fraction of sp³-hybridized carbons (Fsp3) is 0.444. The number of likely N-dealkylation sites (tertiary alicyclic amines) is 1. The number of aromatic nitrogens is 2. The third-order valence-electron chi connectivity index (χ3n) is 4.47. The van der Waals surface area contributed by atoms with Crippen LogP contribution in [0.1, 0.15) is 24.1 Å². The number of benzene rings is 1. The van der Waals surface area contributed by atoms with Crippen molar-refractivity contribution in [3.05, 3.63) is 48.0 Å². The van der Waals surface area contributed by atoms with Gasteiger partial charge < -0.3 is 10.3 Å². The molecule has 0 unspecified atom stereocenters. The van der Waals surface area contributed by atoms with Gasteiger partial charge in [-0.25, -0.2) is 4.98 Å². The largest absolute Gasteiger partial charge is 0.348 e. The lowest BCUT2D eigenvalue weighted by Gasteiger charge is -2.31. The molecule has 1 aromatic carbocycles. The Morgan fingerprint density at radius 1 is 1.30 bits per heavy atom. The summed E-state index contributed by atoms with van der Waals surface area (Å²) in [7, 11) is 0. The number of aryl methyl sites for hydroxylation is 1. The van der Waals surface area contributed by atoms with Gasteiger partial charge in [0.05, 0.1) is 12.9 Å².